The molecule has 1 heterocycles. The molecule has 0 aromatic carbocycles. The van der Waals surface area contributed by atoms with Crippen molar-refractivity contribution >= 4 is 5.91 Å². The van der Waals surface area contributed by atoms with Crippen molar-refractivity contribution in [3.8, 4) is 0 Å². The molecule has 0 unspecified atom stereocenters. The second-order valence-corrected chi connectivity index (χ2v) is 5.93. The van der Waals surface area contributed by atoms with E-state index in [4.69, 9.17) is 0 Å². The van der Waals surface area contributed by atoms with Gasteiger partial charge in [0.1, 0.15) is 0 Å². The number of hydrogen-bond donors (Lipinski definition) is 1. The number of amides is 1. The van der Waals surface area contributed by atoms with Gasteiger partial charge in [0.15, 0.2) is 0 Å². The van der Waals surface area contributed by atoms with Crippen LogP contribution in [0.1, 0.15) is 57.8 Å². The van der Waals surface area contributed by atoms with Crippen LogP contribution in [-0.2, 0) is 4.79 Å². The first-order valence-corrected chi connectivity index (χ1v) is 7.85. The van der Waals surface area contributed by atoms with Gasteiger partial charge in [-0.1, -0.05) is 25.7 Å². The largest absolute Gasteiger partial charge is 0.342 e. The summed E-state index contributed by atoms with van der Waals surface area (Å²) in [5.41, 5.74) is 0. The maximum Gasteiger partial charge on any atom is 0.236 e. The Morgan fingerprint density at radius 2 is 1.56 bits per heavy atom. The lowest BCUT2D eigenvalue weighted by Crippen LogP contribution is -2.42. The number of likely N-dealkylation sites (tertiary alicyclic amines) is 1. The van der Waals surface area contributed by atoms with E-state index in [0.29, 0.717) is 12.5 Å². The van der Waals surface area contributed by atoms with Crippen LogP contribution in [0.3, 0.4) is 0 Å². The molecule has 0 spiro atoms. The lowest BCUT2D eigenvalue weighted by atomic mass is 10.0. The summed E-state index contributed by atoms with van der Waals surface area (Å²) in [6.45, 7) is 3.55. The molecule has 0 radical (unpaired) electrons. The molecule has 0 aromatic heterocycles. The quantitative estimate of drug-likeness (QED) is 0.780. The Labute approximate surface area is 111 Å². The number of nitrogens with one attached hydrogen (secondary N) is 1. The molecule has 0 aromatic rings. The van der Waals surface area contributed by atoms with Gasteiger partial charge in [-0.15, -0.1) is 0 Å². The van der Waals surface area contributed by atoms with E-state index in [1.54, 1.807) is 0 Å². The molecule has 104 valence electrons. The van der Waals surface area contributed by atoms with E-state index in [0.717, 1.165) is 25.6 Å². The van der Waals surface area contributed by atoms with Crippen molar-refractivity contribution in [1.82, 2.24) is 10.2 Å². The van der Waals surface area contributed by atoms with Crippen molar-refractivity contribution in [3.05, 3.63) is 0 Å². The molecule has 1 amide bonds. The molecule has 1 saturated carbocycles. The maximum absolute atomic E-state index is 12.0. The highest BCUT2D eigenvalue weighted by molar-refractivity contribution is 5.78. The summed E-state index contributed by atoms with van der Waals surface area (Å²) in [5, 5.41) is 3.39. The van der Waals surface area contributed by atoms with E-state index in [1.807, 2.05) is 4.90 Å². The monoisotopic (exact) mass is 252 g/mol. The van der Waals surface area contributed by atoms with Gasteiger partial charge in [-0.05, 0) is 44.6 Å². The molecule has 2 fully saturated rings. The average Bonchev–Trinajstić information content (AvgIpc) is 2.68. The van der Waals surface area contributed by atoms with E-state index in [-0.39, 0.29) is 0 Å². The number of hydrogen-bond acceptors (Lipinski definition) is 2. The van der Waals surface area contributed by atoms with Gasteiger partial charge in [0, 0.05) is 13.1 Å². The average molecular weight is 252 g/mol. The molecule has 1 aliphatic carbocycles. The molecule has 3 nitrogen and oxygen atoms in total. The molecule has 18 heavy (non-hydrogen) atoms. The second-order valence-electron chi connectivity index (χ2n) is 5.93. The van der Waals surface area contributed by atoms with E-state index in [9.17, 15) is 4.79 Å². The SMILES string of the molecule is O=C(CNCC1CCCCCC1)N1CCCCC1. The van der Waals surface area contributed by atoms with Crippen LogP contribution < -0.4 is 5.32 Å². The Balaban J connectivity index is 1.60. The minimum atomic E-state index is 0.309. The van der Waals surface area contributed by atoms with Crippen molar-refractivity contribution in [3.63, 3.8) is 0 Å². The molecule has 0 atom stereocenters. The predicted octanol–water partition coefficient (Wildman–Crippen LogP) is 2.56. The molecule has 2 aliphatic rings. The lowest BCUT2D eigenvalue weighted by molar-refractivity contribution is -0.131. The first-order chi connectivity index (χ1) is 8.86. The van der Waals surface area contributed by atoms with Gasteiger partial charge in [-0.2, -0.15) is 0 Å². The number of rotatable bonds is 4. The molecule has 1 N–H and O–H groups in total. The molecular weight excluding hydrogens is 224 g/mol. The molecule has 2 rings (SSSR count). The lowest BCUT2D eigenvalue weighted by Gasteiger charge is -2.27. The van der Waals surface area contributed by atoms with Gasteiger partial charge in [-0.3, -0.25) is 4.79 Å². The number of nitrogens with zero attached hydrogens (tertiary/aromatic N) is 1. The number of piperidine rings is 1. The van der Waals surface area contributed by atoms with Crippen molar-refractivity contribution in [2.24, 2.45) is 5.92 Å². The standard InChI is InChI=1S/C15H28N2O/c18-15(17-10-6-3-7-11-17)13-16-12-14-8-4-1-2-5-9-14/h14,16H,1-13H2. The fraction of sp³-hybridized carbons (Fsp3) is 0.933. The van der Waals surface area contributed by atoms with Crippen LogP contribution in [0.15, 0.2) is 0 Å². The van der Waals surface area contributed by atoms with Gasteiger partial charge in [0.25, 0.3) is 0 Å². The summed E-state index contributed by atoms with van der Waals surface area (Å²) >= 11 is 0. The fourth-order valence-corrected chi connectivity index (χ4v) is 3.21. The Morgan fingerprint density at radius 3 is 2.22 bits per heavy atom. The Bertz CT molecular complexity index is 241. The predicted molar refractivity (Wildman–Crippen MR) is 74.5 cm³/mol. The minimum Gasteiger partial charge on any atom is -0.342 e. The topological polar surface area (TPSA) is 32.3 Å². The summed E-state index contributed by atoms with van der Waals surface area (Å²) < 4.78 is 0. The molecule has 0 bridgehead atoms. The summed E-state index contributed by atoms with van der Waals surface area (Å²) in [7, 11) is 0. The van der Waals surface area contributed by atoms with Crippen molar-refractivity contribution in [2.75, 3.05) is 26.2 Å². The first kappa shape index (κ1) is 13.9. The van der Waals surface area contributed by atoms with Crippen molar-refractivity contribution < 1.29 is 4.79 Å². The Kier molecular flexibility index (Phi) is 5.98. The smallest absolute Gasteiger partial charge is 0.236 e. The van der Waals surface area contributed by atoms with Crippen LogP contribution in [0.25, 0.3) is 0 Å². The van der Waals surface area contributed by atoms with Crippen LogP contribution in [-0.4, -0.2) is 37.0 Å². The zero-order chi connectivity index (χ0) is 12.6. The summed E-state index contributed by atoms with van der Waals surface area (Å²) in [4.78, 5) is 14.0. The zero-order valence-corrected chi connectivity index (χ0v) is 11.6. The Morgan fingerprint density at radius 1 is 0.944 bits per heavy atom. The van der Waals surface area contributed by atoms with E-state index < -0.39 is 0 Å². The molecular formula is C15H28N2O. The van der Waals surface area contributed by atoms with E-state index >= 15 is 0 Å². The van der Waals surface area contributed by atoms with Gasteiger partial charge in [0.2, 0.25) is 5.91 Å². The van der Waals surface area contributed by atoms with Crippen LogP contribution >= 0.6 is 0 Å². The number of carbonyl (C=O) groups excluding carboxylic acids is 1. The highest BCUT2D eigenvalue weighted by Gasteiger charge is 2.17. The summed E-state index contributed by atoms with van der Waals surface area (Å²) in [6, 6.07) is 0. The zero-order valence-electron chi connectivity index (χ0n) is 11.6. The van der Waals surface area contributed by atoms with Gasteiger partial charge in [0.05, 0.1) is 6.54 Å². The van der Waals surface area contributed by atoms with Crippen LogP contribution in [0.5, 0.6) is 0 Å². The summed E-state index contributed by atoms with van der Waals surface area (Å²) in [6.07, 6.45) is 11.9. The summed E-state index contributed by atoms with van der Waals surface area (Å²) in [5.74, 6) is 1.12. The highest BCUT2D eigenvalue weighted by Crippen LogP contribution is 2.21. The molecule has 1 aliphatic heterocycles. The molecule has 1 saturated heterocycles. The second kappa shape index (κ2) is 7.78. The van der Waals surface area contributed by atoms with Gasteiger partial charge < -0.3 is 10.2 Å². The third-order valence-electron chi connectivity index (χ3n) is 4.39. The normalized spacial score (nSPS) is 22.8. The number of carbonyl (C=O) groups is 1. The van der Waals surface area contributed by atoms with E-state index in [1.165, 1.54) is 57.8 Å². The fourth-order valence-electron chi connectivity index (χ4n) is 3.21. The van der Waals surface area contributed by atoms with Crippen LogP contribution in [0.2, 0.25) is 0 Å². The minimum absolute atomic E-state index is 0.309. The highest BCUT2D eigenvalue weighted by atomic mass is 16.2. The third kappa shape index (κ3) is 4.60. The van der Waals surface area contributed by atoms with E-state index in [2.05, 4.69) is 5.32 Å². The first-order valence-electron chi connectivity index (χ1n) is 7.85. The third-order valence-corrected chi connectivity index (χ3v) is 4.39. The van der Waals surface area contributed by atoms with Crippen molar-refractivity contribution in [1.29, 1.82) is 0 Å². The van der Waals surface area contributed by atoms with Gasteiger partial charge >= 0.3 is 0 Å². The van der Waals surface area contributed by atoms with Gasteiger partial charge in [-0.25, -0.2) is 0 Å². The van der Waals surface area contributed by atoms with Crippen molar-refractivity contribution in [2.45, 2.75) is 57.8 Å². The van der Waals surface area contributed by atoms with Crippen LogP contribution in [0, 0.1) is 5.92 Å². The van der Waals surface area contributed by atoms with Crippen LogP contribution in [0.4, 0.5) is 0 Å². The molecule has 3 heteroatoms. The maximum atomic E-state index is 12.0. The Hall–Kier alpha value is -0.570.